The SMILES string of the molecule is CSc1ncc2cc(-c3cc(NC(=O)c4cccc(C(F)(F)F)c4)ccc3Cl)c(N)nc2n1. The Bertz CT molecular complexity index is 1380. The van der Waals surface area contributed by atoms with E-state index in [1.807, 2.05) is 6.26 Å². The third kappa shape index (κ3) is 4.86. The van der Waals surface area contributed by atoms with Gasteiger partial charge in [-0.25, -0.2) is 15.0 Å². The molecule has 1 amide bonds. The predicted octanol–water partition coefficient (Wildman–Crippen LogP) is 5.92. The van der Waals surface area contributed by atoms with E-state index >= 15 is 0 Å². The maximum Gasteiger partial charge on any atom is 0.416 e. The molecule has 0 aliphatic rings. The van der Waals surface area contributed by atoms with Gasteiger partial charge in [0.2, 0.25) is 0 Å². The molecule has 2 aromatic heterocycles. The quantitative estimate of drug-likeness (QED) is 0.273. The highest BCUT2D eigenvalue weighted by Crippen LogP contribution is 2.35. The van der Waals surface area contributed by atoms with Crippen LogP contribution in [0, 0.1) is 0 Å². The smallest absolute Gasteiger partial charge is 0.383 e. The van der Waals surface area contributed by atoms with Crippen LogP contribution in [0.1, 0.15) is 15.9 Å². The van der Waals surface area contributed by atoms with Crippen molar-refractivity contribution in [3.63, 3.8) is 0 Å². The summed E-state index contributed by atoms with van der Waals surface area (Å²) in [5.41, 5.74) is 6.85. The van der Waals surface area contributed by atoms with Crippen LogP contribution in [0.15, 0.2) is 59.9 Å². The second kappa shape index (κ2) is 8.87. The summed E-state index contributed by atoms with van der Waals surface area (Å²) < 4.78 is 38.9. The molecule has 0 saturated heterocycles. The lowest BCUT2D eigenvalue weighted by Gasteiger charge is -2.13. The first-order valence-corrected chi connectivity index (χ1v) is 11.0. The summed E-state index contributed by atoms with van der Waals surface area (Å²) in [4.78, 5) is 25.4. The fourth-order valence-corrected chi connectivity index (χ4v) is 3.68. The van der Waals surface area contributed by atoms with E-state index in [1.165, 1.54) is 30.0 Å². The molecule has 3 N–H and O–H groups in total. The predicted molar refractivity (Wildman–Crippen MR) is 123 cm³/mol. The standard InChI is InChI=1S/C22H15ClF3N5OS/c1-33-21-28-10-12-8-16(18(27)30-19(12)31-21)15-9-14(5-6-17(15)23)29-20(32)11-3-2-4-13(7-11)22(24,25)26/h2-10H,1H3,(H,29,32)(H2,27,28,30,31). The number of nitrogens with zero attached hydrogens (tertiary/aromatic N) is 3. The number of thioether (sulfide) groups is 1. The van der Waals surface area contributed by atoms with Crippen molar-refractivity contribution >= 4 is 51.8 Å². The number of fused-ring (bicyclic) bond motifs is 1. The van der Waals surface area contributed by atoms with Crippen LogP contribution in [0.25, 0.3) is 22.2 Å². The zero-order valence-corrected chi connectivity index (χ0v) is 18.5. The van der Waals surface area contributed by atoms with Gasteiger partial charge in [0.05, 0.1) is 5.56 Å². The van der Waals surface area contributed by atoms with Crippen LogP contribution in [-0.4, -0.2) is 27.1 Å². The first-order chi connectivity index (χ1) is 15.7. The van der Waals surface area contributed by atoms with Crippen LogP contribution < -0.4 is 11.1 Å². The van der Waals surface area contributed by atoms with Gasteiger partial charge in [0.1, 0.15) is 5.82 Å². The largest absolute Gasteiger partial charge is 0.416 e. The second-order valence-electron chi connectivity index (χ2n) is 6.92. The Morgan fingerprint density at radius 3 is 2.61 bits per heavy atom. The Kier molecular flexibility index (Phi) is 6.13. The van der Waals surface area contributed by atoms with Gasteiger partial charge in [0.15, 0.2) is 10.8 Å². The van der Waals surface area contributed by atoms with E-state index in [9.17, 15) is 18.0 Å². The number of hydrogen-bond donors (Lipinski definition) is 2. The van der Waals surface area contributed by atoms with Gasteiger partial charge in [0, 0.05) is 39.0 Å². The van der Waals surface area contributed by atoms with Crippen molar-refractivity contribution in [3.05, 3.63) is 70.9 Å². The Labute approximate surface area is 195 Å². The molecule has 4 aromatic rings. The van der Waals surface area contributed by atoms with Crippen LogP contribution in [-0.2, 0) is 6.18 Å². The van der Waals surface area contributed by atoms with Crippen LogP contribution in [0.4, 0.5) is 24.7 Å². The van der Waals surface area contributed by atoms with Gasteiger partial charge < -0.3 is 11.1 Å². The number of pyridine rings is 1. The first kappa shape index (κ1) is 22.8. The van der Waals surface area contributed by atoms with Crippen LogP contribution in [0.3, 0.4) is 0 Å². The number of hydrogen-bond acceptors (Lipinski definition) is 6. The summed E-state index contributed by atoms with van der Waals surface area (Å²) in [7, 11) is 0. The number of benzene rings is 2. The number of alkyl halides is 3. The lowest BCUT2D eigenvalue weighted by molar-refractivity contribution is -0.137. The van der Waals surface area contributed by atoms with Crippen molar-refractivity contribution in [3.8, 4) is 11.1 Å². The van der Waals surface area contributed by atoms with E-state index < -0.39 is 17.6 Å². The van der Waals surface area contributed by atoms with Gasteiger partial charge in [-0.15, -0.1) is 0 Å². The maximum atomic E-state index is 13.0. The lowest BCUT2D eigenvalue weighted by Crippen LogP contribution is -2.14. The van der Waals surface area contributed by atoms with Gasteiger partial charge in [-0.3, -0.25) is 4.79 Å². The number of amides is 1. The number of nitrogens with one attached hydrogen (secondary N) is 1. The normalized spacial score (nSPS) is 11.5. The molecule has 0 atom stereocenters. The Balaban J connectivity index is 1.68. The number of rotatable bonds is 4. The summed E-state index contributed by atoms with van der Waals surface area (Å²) in [6.07, 6.45) is -1.08. The highest BCUT2D eigenvalue weighted by atomic mass is 35.5. The number of aromatic nitrogens is 3. The number of nitrogens with two attached hydrogens (primary N) is 1. The third-order valence-electron chi connectivity index (χ3n) is 4.73. The minimum atomic E-state index is -4.55. The summed E-state index contributed by atoms with van der Waals surface area (Å²) >= 11 is 7.74. The molecule has 2 aromatic carbocycles. The average Bonchev–Trinajstić information content (AvgIpc) is 2.79. The summed E-state index contributed by atoms with van der Waals surface area (Å²) in [5.74, 6) is -0.520. The topological polar surface area (TPSA) is 93.8 Å². The minimum absolute atomic E-state index is 0.130. The fourth-order valence-electron chi connectivity index (χ4n) is 3.13. The van der Waals surface area contributed by atoms with Gasteiger partial charge in [-0.05, 0) is 48.7 Å². The van der Waals surface area contributed by atoms with E-state index in [2.05, 4.69) is 20.3 Å². The molecule has 4 rings (SSSR count). The van der Waals surface area contributed by atoms with Gasteiger partial charge in [-0.2, -0.15) is 13.2 Å². The molecule has 0 bridgehead atoms. The summed E-state index contributed by atoms with van der Waals surface area (Å²) in [6.45, 7) is 0. The van der Waals surface area contributed by atoms with E-state index in [4.69, 9.17) is 17.3 Å². The molecule has 0 aliphatic carbocycles. The van der Waals surface area contributed by atoms with Crippen LogP contribution in [0.5, 0.6) is 0 Å². The third-order valence-corrected chi connectivity index (χ3v) is 5.62. The Morgan fingerprint density at radius 2 is 1.88 bits per heavy atom. The molecule has 33 heavy (non-hydrogen) atoms. The molecule has 0 spiro atoms. The van der Waals surface area contributed by atoms with Crippen molar-refractivity contribution in [2.45, 2.75) is 11.3 Å². The minimum Gasteiger partial charge on any atom is -0.383 e. The molecule has 2 heterocycles. The molecule has 0 aliphatic heterocycles. The van der Waals surface area contributed by atoms with E-state index in [0.717, 1.165) is 12.1 Å². The maximum absolute atomic E-state index is 13.0. The van der Waals surface area contributed by atoms with Crippen molar-refractivity contribution < 1.29 is 18.0 Å². The van der Waals surface area contributed by atoms with Gasteiger partial charge in [-0.1, -0.05) is 29.4 Å². The lowest BCUT2D eigenvalue weighted by atomic mass is 10.0. The molecule has 0 fully saturated rings. The molecule has 0 saturated carbocycles. The van der Waals surface area contributed by atoms with Crippen molar-refractivity contribution in [1.82, 2.24) is 15.0 Å². The molecule has 168 valence electrons. The van der Waals surface area contributed by atoms with Gasteiger partial charge in [0.25, 0.3) is 5.91 Å². The molecular weight excluding hydrogens is 475 g/mol. The summed E-state index contributed by atoms with van der Waals surface area (Å²) in [6, 6.07) is 10.6. The number of halogens is 4. The zero-order chi connectivity index (χ0) is 23.8. The Hall–Kier alpha value is -3.37. The monoisotopic (exact) mass is 489 g/mol. The number of anilines is 2. The first-order valence-electron chi connectivity index (χ1n) is 9.41. The van der Waals surface area contributed by atoms with Crippen LogP contribution >= 0.6 is 23.4 Å². The van der Waals surface area contributed by atoms with Crippen molar-refractivity contribution in [1.29, 1.82) is 0 Å². The van der Waals surface area contributed by atoms with Crippen LogP contribution in [0.2, 0.25) is 5.02 Å². The molecule has 0 radical (unpaired) electrons. The van der Waals surface area contributed by atoms with Gasteiger partial charge >= 0.3 is 6.18 Å². The number of carbonyl (C=O) groups excluding carboxylic acids is 1. The van der Waals surface area contributed by atoms with E-state index in [0.29, 0.717) is 38.0 Å². The number of nitrogen functional groups attached to an aromatic ring is 1. The molecule has 11 heteroatoms. The van der Waals surface area contributed by atoms with E-state index in [1.54, 1.807) is 24.4 Å². The zero-order valence-electron chi connectivity index (χ0n) is 16.9. The molecule has 6 nitrogen and oxygen atoms in total. The average molecular weight is 490 g/mol. The fraction of sp³-hybridized carbons (Fsp3) is 0.0909. The van der Waals surface area contributed by atoms with Crippen molar-refractivity contribution in [2.24, 2.45) is 0 Å². The highest BCUT2D eigenvalue weighted by molar-refractivity contribution is 7.98. The number of carbonyl (C=O) groups is 1. The Morgan fingerprint density at radius 1 is 1.09 bits per heavy atom. The molecular formula is C22H15ClF3N5OS. The molecule has 0 unspecified atom stereocenters. The van der Waals surface area contributed by atoms with Crippen molar-refractivity contribution in [2.75, 3.05) is 17.3 Å². The van der Waals surface area contributed by atoms with E-state index in [-0.39, 0.29) is 11.4 Å². The highest BCUT2D eigenvalue weighted by Gasteiger charge is 2.30. The summed E-state index contributed by atoms with van der Waals surface area (Å²) in [5, 5.41) is 4.14. The second-order valence-corrected chi connectivity index (χ2v) is 8.10.